The van der Waals surface area contributed by atoms with Gasteiger partial charge >= 0.3 is 0 Å². The summed E-state index contributed by atoms with van der Waals surface area (Å²) in [6.07, 6.45) is 3.15. The maximum Gasteiger partial charge on any atom is 0.0866 e. The average molecular weight is 154 g/mol. The molecule has 0 aromatic carbocycles. The van der Waals surface area contributed by atoms with Crippen LogP contribution >= 0.6 is 11.8 Å². The highest BCUT2D eigenvalue weighted by Crippen LogP contribution is 2.19. The van der Waals surface area contributed by atoms with E-state index in [-0.39, 0.29) is 0 Å². The fourth-order valence-corrected chi connectivity index (χ4v) is 2.12. The lowest BCUT2D eigenvalue weighted by Crippen LogP contribution is -2.10. The molecule has 1 aromatic heterocycles. The van der Waals surface area contributed by atoms with Crippen molar-refractivity contribution >= 4 is 11.8 Å². The minimum absolute atomic E-state index is 1.04. The molecule has 0 fully saturated rings. The fourth-order valence-electron chi connectivity index (χ4n) is 1.26. The van der Waals surface area contributed by atoms with E-state index in [0.717, 1.165) is 5.88 Å². The van der Waals surface area contributed by atoms with Crippen molar-refractivity contribution < 1.29 is 0 Å². The number of aryl methyl sites for hydroxylation is 1. The summed E-state index contributed by atoms with van der Waals surface area (Å²) in [6, 6.07) is 0. The SMILES string of the molecule is Cc1cnn2c1CCSC2. The van der Waals surface area contributed by atoms with E-state index in [9.17, 15) is 0 Å². The molecule has 0 amide bonds. The van der Waals surface area contributed by atoms with Crippen LogP contribution < -0.4 is 0 Å². The average Bonchev–Trinajstić information content (AvgIpc) is 2.34. The van der Waals surface area contributed by atoms with Crippen molar-refractivity contribution in [2.45, 2.75) is 19.2 Å². The van der Waals surface area contributed by atoms with Crippen LogP contribution in [0.5, 0.6) is 0 Å². The molecule has 0 saturated heterocycles. The van der Waals surface area contributed by atoms with Gasteiger partial charge in [0.05, 0.1) is 12.1 Å². The zero-order chi connectivity index (χ0) is 6.97. The molecule has 54 valence electrons. The zero-order valence-electron chi connectivity index (χ0n) is 6.00. The first-order chi connectivity index (χ1) is 4.88. The summed E-state index contributed by atoms with van der Waals surface area (Å²) in [5.41, 5.74) is 2.78. The van der Waals surface area contributed by atoms with Crippen molar-refractivity contribution in [2.75, 3.05) is 5.75 Å². The lowest BCUT2D eigenvalue weighted by Gasteiger charge is -2.12. The lowest BCUT2D eigenvalue weighted by atomic mass is 10.2. The van der Waals surface area contributed by atoms with Crippen molar-refractivity contribution in [3.8, 4) is 0 Å². The molecule has 0 unspecified atom stereocenters. The highest BCUT2D eigenvalue weighted by atomic mass is 32.2. The van der Waals surface area contributed by atoms with E-state index in [0.29, 0.717) is 0 Å². The minimum Gasteiger partial charge on any atom is -0.259 e. The van der Waals surface area contributed by atoms with Gasteiger partial charge < -0.3 is 0 Å². The van der Waals surface area contributed by atoms with Crippen LogP contribution in [0, 0.1) is 6.92 Å². The predicted octanol–water partition coefficient (Wildman–Crippen LogP) is 1.44. The van der Waals surface area contributed by atoms with E-state index in [1.807, 2.05) is 18.0 Å². The second-order valence-electron chi connectivity index (χ2n) is 2.56. The molecule has 0 saturated carbocycles. The Hall–Kier alpha value is -0.440. The maximum absolute atomic E-state index is 4.25. The summed E-state index contributed by atoms with van der Waals surface area (Å²) >= 11 is 1.95. The minimum atomic E-state index is 1.04. The van der Waals surface area contributed by atoms with Gasteiger partial charge in [-0.15, -0.1) is 11.8 Å². The van der Waals surface area contributed by atoms with Crippen molar-refractivity contribution in [3.63, 3.8) is 0 Å². The van der Waals surface area contributed by atoms with Crippen LogP contribution in [0.15, 0.2) is 6.20 Å². The Morgan fingerprint density at radius 2 is 2.60 bits per heavy atom. The quantitative estimate of drug-likeness (QED) is 0.562. The maximum atomic E-state index is 4.25. The van der Waals surface area contributed by atoms with Gasteiger partial charge in [0.2, 0.25) is 0 Å². The monoisotopic (exact) mass is 154 g/mol. The number of fused-ring (bicyclic) bond motifs is 1. The van der Waals surface area contributed by atoms with Crippen molar-refractivity contribution in [1.29, 1.82) is 0 Å². The van der Waals surface area contributed by atoms with E-state index in [1.54, 1.807) is 0 Å². The van der Waals surface area contributed by atoms with Crippen LogP contribution in [0.25, 0.3) is 0 Å². The van der Waals surface area contributed by atoms with E-state index in [2.05, 4.69) is 16.7 Å². The van der Waals surface area contributed by atoms with Crippen LogP contribution in [0.3, 0.4) is 0 Å². The molecular weight excluding hydrogens is 144 g/mol. The molecule has 1 aromatic rings. The van der Waals surface area contributed by atoms with Crippen LogP contribution in [0.2, 0.25) is 0 Å². The molecule has 0 aliphatic carbocycles. The molecule has 10 heavy (non-hydrogen) atoms. The largest absolute Gasteiger partial charge is 0.259 e. The second-order valence-corrected chi connectivity index (χ2v) is 3.64. The highest BCUT2D eigenvalue weighted by Gasteiger charge is 2.10. The van der Waals surface area contributed by atoms with Crippen LogP contribution in [0.1, 0.15) is 11.3 Å². The second kappa shape index (κ2) is 2.31. The summed E-state index contributed by atoms with van der Waals surface area (Å²) in [7, 11) is 0. The molecule has 1 aliphatic heterocycles. The third kappa shape index (κ3) is 0.850. The number of hydrogen-bond acceptors (Lipinski definition) is 2. The highest BCUT2D eigenvalue weighted by molar-refractivity contribution is 7.98. The molecule has 0 N–H and O–H groups in total. The molecule has 1 aliphatic rings. The molecule has 2 nitrogen and oxygen atoms in total. The first kappa shape index (κ1) is 6.28. The number of thioether (sulfide) groups is 1. The van der Waals surface area contributed by atoms with Gasteiger partial charge in [0.25, 0.3) is 0 Å². The smallest absolute Gasteiger partial charge is 0.0866 e. The fraction of sp³-hybridized carbons (Fsp3) is 0.571. The first-order valence-corrected chi connectivity index (χ1v) is 4.62. The molecule has 0 atom stereocenters. The van der Waals surface area contributed by atoms with Gasteiger partial charge in [-0.2, -0.15) is 5.10 Å². The van der Waals surface area contributed by atoms with E-state index < -0.39 is 0 Å². The van der Waals surface area contributed by atoms with Gasteiger partial charge in [-0.25, -0.2) is 0 Å². The molecular formula is C7H10N2S. The number of rotatable bonds is 0. The van der Waals surface area contributed by atoms with E-state index >= 15 is 0 Å². The van der Waals surface area contributed by atoms with Gasteiger partial charge in [-0.3, -0.25) is 4.68 Å². The van der Waals surface area contributed by atoms with Gasteiger partial charge in [-0.1, -0.05) is 0 Å². The number of nitrogens with zero attached hydrogens (tertiary/aromatic N) is 2. The summed E-state index contributed by atoms with van der Waals surface area (Å²) < 4.78 is 2.10. The first-order valence-electron chi connectivity index (χ1n) is 3.47. The van der Waals surface area contributed by atoms with Gasteiger partial charge in [0, 0.05) is 11.4 Å². The predicted molar refractivity (Wildman–Crippen MR) is 43.1 cm³/mol. The lowest BCUT2D eigenvalue weighted by molar-refractivity contribution is 0.689. The Morgan fingerprint density at radius 1 is 1.70 bits per heavy atom. The van der Waals surface area contributed by atoms with Crippen LogP contribution in [-0.2, 0) is 12.3 Å². The number of aromatic nitrogens is 2. The van der Waals surface area contributed by atoms with Crippen LogP contribution in [0.4, 0.5) is 0 Å². The Bertz CT molecular complexity index is 242. The molecule has 0 spiro atoms. The van der Waals surface area contributed by atoms with E-state index in [1.165, 1.54) is 23.4 Å². The Kier molecular flexibility index (Phi) is 1.45. The standard InChI is InChI=1S/C7H10N2S/c1-6-4-8-9-5-10-3-2-7(6)9/h4H,2-3,5H2,1H3. The van der Waals surface area contributed by atoms with Crippen molar-refractivity contribution in [2.24, 2.45) is 0 Å². The molecule has 2 heterocycles. The zero-order valence-corrected chi connectivity index (χ0v) is 6.82. The molecule has 0 bridgehead atoms. The Morgan fingerprint density at radius 3 is 3.40 bits per heavy atom. The van der Waals surface area contributed by atoms with Crippen LogP contribution in [-0.4, -0.2) is 15.5 Å². The van der Waals surface area contributed by atoms with Gasteiger partial charge in [0.15, 0.2) is 0 Å². The normalized spacial score (nSPS) is 16.9. The van der Waals surface area contributed by atoms with Gasteiger partial charge in [-0.05, 0) is 18.9 Å². The van der Waals surface area contributed by atoms with Gasteiger partial charge in [0.1, 0.15) is 0 Å². The Labute approximate surface area is 64.6 Å². The summed E-state index contributed by atoms with van der Waals surface area (Å²) in [5, 5.41) is 4.25. The summed E-state index contributed by atoms with van der Waals surface area (Å²) in [4.78, 5) is 0. The van der Waals surface area contributed by atoms with Crippen molar-refractivity contribution in [3.05, 3.63) is 17.5 Å². The summed E-state index contributed by atoms with van der Waals surface area (Å²) in [6.45, 7) is 2.13. The third-order valence-corrected chi connectivity index (χ3v) is 2.77. The molecule has 3 heteroatoms. The van der Waals surface area contributed by atoms with E-state index in [4.69, 9.17) is 0 Å². The summed E-state index contributed by atoms with van der Waals surface area (Å²) in [5.74, 6) is 2.30. The number of hydrogen-bond donors (Lipinski definition) is 0. The van der Waals surface area contributed by atoms with Crippen molar-refractivity contribution in [1.82, 2.24) is 9.78 Å². The molecule has 0 radical (unpaired) electrons. The topological polar surface area (TPSA) is 17.8 Å². The third-order valence-electron chi connectivity index (χ3n) is 1.85. The Balaban J connectivity index is 2.45. The molecule has 2 rings (SSSR count).